The molecule has 0 radical (unpaired) electrons. The Kier molecular flexibility index (Phi) is 3.11. The van der Waals surface area contributed by atoms with Gasteiger partial charge in [0.1, 0.15) is 11.3 Å². The highest BCUT2D eigenvalue weighted by molar-refractivity contribution is 5.88. The van der Waals surface area contributed by atoms with Gasteiger partial charge in [0, 0.05) is 6.07 Å². The van der Waals surface area contributed by atoms with Crippen molar-refractivity contribution in [2.45, 2.75) is 0 Å². The molecule has 2 N–H and O–H groups in total. The number of benzene rings is 2. The number of hydrogen-bond donors (Lipinski definition) is 1. The van der Waals surface area contributed by atoms with Crippen molar-refractivity contribution in [3.8, 4) is 11.1 Å². The van der Waals surface area contributed by atoms with Crippen LogP contribution in [0.25, 0.3) is 11.1 Å². The topological polar surface area (TPSA) is 112 Å². The first-order valence-electron chi connectivity index (χ1n) is 5.29. The van der Waals surface area contributed by atoms with Gasteiger partial charge in [-0.15, -0.1) is 0 Å². The summed E-state index contributed by atoms with van der Waals surface area (Å²) in [5, 5.41) is 22.1. The van der Waals surface area contributed by atoms with Crippen molar-refractivity contribution in [2.75, 3.05) is 5.73 Å². The van der Waals surface area contributed by atoms with Gasteiger partial charge in [-0.05, 0) is 11.6 Å². The van der Waals surface area contributed by atoms with Crippen molar-refractivity contribution in [2.24, 2.45) is 0 Å². The molecule has 2 rings (SSSR count). The van der Waals surface area contributed by atoms with Gasteiger partial charge in [-0.1, -0.05) is 30.3 Å². The van der Waals surface area contributed by atoms with Gasteiger partial charge in [-0.25, -0.2) is 0 Å². The summed E-state index contributed by atoms with van der Waals surface area (Å²) in [5.74, 6) is 0. The average Bonchev–Trinajstić information content (AvgIpc) is 2.38. The number of hydrogen-bond acceptors (Lipinski definition) is 5. The molecule has 0 aromatic heterocycles. The molecule has 96 valence electrons. The first kappa shape index (κ1) is 12.5. The molecule has 0 aliphatic carbocycles. The number of nitro benzene ring substituents is 2. The summed E-state index contributed by atoms with van der Waals surface area (Å²) in [7, 11) is 0. The lowest BCUT2D eigenvalue weighted by Crippen LogP contribution is -2.01. The zero-order valence-corrected chi connectivity index (χ0v) is 9.65. The van der Waals surface area contributed by atoms with Crippen LogP contribution in [-0.4, -0.2) is 9.85 Å². The van der Waals surface area contributed by atoms with Crippen LogP contribution in [0, 0.1) is 20.2 Å². The first-order valence-corrected chi connectivity index (χ1v) is 5.29. The minimum Gasteiger partial charge on any atom is -0.393 e. The molecule has 2 aromatic carbocycles. The number of nitro groups is 2. The van der Waals surface area contributed by atoms with E-state index in [0.717, 1.165) is 0 Å². The Labute approximate surface area is 107 Å². The van der Waals surface area contributed by atoms with Crippen LogP contribution < -0.4 is 5.73 Å². The van der Waals surface area contributed by atoms with Gasteiger partial charge in [0.05, 0.1) is 9.85 Å². The maximum atomic E-state index is 11.1. The Morgan fingerprint density at radius 1 is 0.895 bits per heavy atom. The summed E-state index contributed by atoms with van der Waals surface area (Å²) in [4.78, 5) is 20.8. The van der Waals surface area contributed by atoms with Crippen LogP contribution in [0.5, 0.6) is 0 Å². The molecule has 7 nitrogen and oxygen atoms in total. The second kappa shape index (κ2) is 4.73. The summed E-state index contributed by atoms with van der Waals surface area (Å²) in [6.07, 6.45) is 0. The normalized spacial score (nSPS) is 10.1. The van der Waals surface area contributed by atoms with Gasteiger partial charge in [-0.3, -0.25) is 20.2 Å². The van der Waals surface area contributed by atoms with Crippen LogP contribution in [0.4, 0.5) is 17.1 Å². The third kappa shape index (κ3) is 2.21. The van der Waals surface area contributed by atoms with Crippen LogP contribution in [0.15, 0.2) is 42.5 Å². The van der Waals surface area contributed by atoms with Gasteiger partial charge >= 0.3 is 5.69 Å². The number of nitrogens with zero attached hydrogens (tertiary/aromatic N) is 2. The molecule has 0 aliphatic heterocycles. The Bertz CT molecular complexity index is 656. The van der Waals surface area contributed by atoms with Crippen molar-refractivity contribution >= 4 is 17.1 Å². The smallest absolute Gasteiger partial charge is 0.306 e. The standard InChI is InChI=1S/C12H9N3O4/c13-9-6-7-10(14(16)17)11(12(9)15(18)19)8-4-2-1-3-5-8/h1-7H,13H2. The van der Waals surface area contributed by atoms with Crippen LogP contribution in [0.2, 0.25) is 0 Å². The van der Waals surface area contributed by atoms with E-state index in [1.54, 1.807) is 30.3 Å². The average molecular weight is 259 g/mol. The largest absolute Gasteiger partial charge is 0.393 e. The molecule has 0 fully saturated rings. The van der Waals surface area contributed by atoms with Gasteiger partial charge in [0.2, 0.25) is 0 Å². The maximum absolute atomic E-state index is 11.1. The van der Waals surface area contributed by atoms with E-state index < -0.39 is 15.5 Å². The zero-order valence-electron chi connectivity index (χ0n) is 9.65. The summed E-state index contributed by atoms with van der Waals surface area (Å²) >= 11 is 0. The molecule has 0 heterocycles. The fourth-order valence-electron chi connectivity index (χ4n) is 1.83. The van der Waals surface area contributed by atoms with E-state index in [2.05, 4.69) is 0 Å². The molecule has 0 amide bonds. The quantitative estimate of drug-likeness (QED) is 0.517. The van der Waals surface area contributed by atoms with Gasteiger partial charge in [0.15, 0.2) is 0 Å². The van der Waals surface area contributed by atoms with E-state index in [1.807, 2.05) is 0 Å². The molecule has 0 saturated heterocycles. The third-order valence-electron chi connectivity index (χ3n) is 2.63. The summed E-state index contributed by atoms with van der Waals surface area (Å²) in [5.41, 5.74) is 4.99. The minimum absolute atomic E-state index is 0.0735. The molecule has 0 saturated carbocycles. The summed E-state index contributed by atoms with van der Waals surface area (Å²) in [6, 6.07) is 10.5. The lowest BCUT2D eigenvalue weighted by molar-refractivity contribution is -0.392. The maximum Gasteiger partial charge on any atom is 0.306 e. The first-order chi connectivity index (χ1) is 9.02. The number of nitrogen functional groups attached to an aromatic ring is 1. The third-order valence-corrected chi connectivity index (χ3v) is 2.63. The molecule has 0 aliphatic rings. The number of rotatable bonds is 3. The van der Waals surface area contributed by atoms with Crippen LogP contribution in [0.1, 0.15) is 0 Å². The Morgan fingerprint density at radius 3 is 2.05 bits per heavy atom. The lowest BCUT2D eigenvalue weighted by Gasteiger charge is -2.06. The van der Waals surface area contributed by atoms with Gasteiger partial charge in [-0.2, -0.15) is 0 Å². The second-order valence-corrected chi connectivity index (χ2v) is 3.78. The van der Waals surface area contributed by atoms with Crippen molar-refractivity contribution in [1.82, 2.24) is 0 Å². The Hall–Kier alpha value is -2.96. The van der Waals surface area contributed by atoms with Crippen molar-refractivity contribution in [3.63, 3.8) is 0 Å². The summed E-state index contributed by atoms with van der Waals surface area (Å²) in [6.45, 7) is 0. The van der Waals surface area contributed by atoms with E-state index in [1.165, 1.54) is 12.1 Å². The molecule has 0 spiro atoms. The predicted molar refractivity (Wildman–Crippen MR) is 69.6 cm³/mol. The molecule has 19 heavy (non-hydrogen) atoms. The van der Waals surface area contributed by atoms with Gasteiger partial charge < -0.3 is 5.73 Å². The van der Waals surface area contributed by atoms with E-state index in [0.29, 0.717) is 5.56 Å². The highest BCUT2D eigenvalue weighted by atomic mass is 16.6. The second-order valence-electron chi connectivity index (χ2n) is 3.78. The van der Waals surface area contributed by atoms with Crippen LogP contribution in [-0.2, 0) is 0 Å². The molecule has 0 unspecified atom stereocenters. The van der Waals surface area contributed by atoms with Gasteiger partial charge in [0.25, 0.3) is 5.69 Å². The van der Waals surface area contributed by atoms with E-state index >= 15 is 0 Å². The molecular weight excluding hydrogens is 250 g/mol. The molecule has 2 aromatic rings. The molecule has 0 bridgehead atoms. The Balaban J connectivity index is 2.85. The fourth-order valence-corrected chi connectivity index (χ4v) is 1.83. The Morgan fingerprint density at radius 2 is 1.53 bits per heavy atom. The molecular formula is C12H9N3O4. The monoisotopic (exact) mass is 259 g/mol. The summed E-state index contributed by atoms with van der Waals surface area (Å²) < 4.78 is 0. The molecule has 7 heteroatoms. The highest BCUT2D eigenvalue weighted by Crippen LogP contribution is 2.41. The lowest BCUT2D eigenvalue weighted by atomic mass is 10.0. The minimum atomic E-state index is -0.704. The van der Waals surface area contributed by atoms with Crippen molar-refractivity contribution in [3.05, 3.63) is 62.7 Å². The van der Waals surface area contributed by atoms with Crippen LogP contribution >= 0.6 is 0 Å². The van der Waals surface area contributed by atoms with Crippen LogP contribution in [0.3, 0.4) is 0 Å². The fraction of sp³-hybridized carbons (Fsp3) is 0. The van der Waals surface area contributed by atoms with Crippen molar-refractivity contribution < 1.29 is 9.85 Å². The number of anilines is 1. The SMILES string of the molecule is Nc1ccc([N+](=O)[O-])c(-c2ccccc2)c1[N+](=O)[O-]. The number of nitrogens with two attached hydrogens (primary N) is 1. The predicted octanol–water partition coefficient (Wildman–Crippen LogP) is 2.75. The van der Waals surface area contributed by atoms with E-state index in [4.69, 9.17) is 5.73 Å². The molecule has 0 atom stereocenters. The van der Waals surface area contributed by atoms with E-state index in [9.17, 15) is 20.2 Å². The van der Waals surface area contributed by atoms with Crippen molar-refractivity contribution in [1.29, 1.82) is 0 Å². The zero-order chi connectivity index (χ0) is 14.0. The highest BCUT2D eigenvalue weighted by Gasteiger charge is 2.28. The van der Waals surface area contributed by atoms with E-state index in [-0.39, 0.29) is 16.9 Å².